The van der Waals surface area contributed by atoms with E-state index in [0.717, 1.165) is 21.3 Å². The van der Waals surface area contributed by atoms with Crippen LogP contribution in [-0.2, 0) is 4.74 Å². The summed E-state index contributed by atoms with van der Waals surface area (Å²) in [5, 5.41) is 6.77. The van der Waals surface area contributed by atoms with Crippen molar-refractivity contribution in [2.75, 3.05) is 18.4 Å². The van der Waals surface area contributed by atoms with Crippen molar-refractivity contribution in [2.24, 2.45) is 0 Å². The quantitative estimate of drug-likeness (QED) is 0.806. The van der Waals surface area contributed by atoms with Crippen LogP contribution in [0.5, 0.6) is 0 Å². The summed E-state index contributed by atoms with van der Waals surface area (Å²) in [7, 11) is 0. The van der Waals surface area contributed by atoms with Crippen LogP contribution in [0.15, 0.2) is 12.3 Å². The third-order valence-electron chi connectivity index (χ3n) is 2.88. The van der Waals surface area contributed by atoms with Crippen molar-refractivity contribution in [3.05, 3.63) is 22.1 Å². The third kappa shape index (κ3) is 5.45. The van der Waals surface area contributed by atoms with Crippen LogP contribution < -0.4 is 10.6 Å². The molecule has 0 spiro atoms. The lowest BCUT2D eigenvalue weighted by Gasteiger charge is -2.19. The molecule has 1 amide bonds. The number of anilines is 1. The van der Waals surface area contributed by atoms with Gasteiger partial charge in [-0.3, -0.25) is 0 Å². The zero-order chi connectivity index (χ0) is 17.7. The standard InChI is InChI=1S/C16H23N5O2S/c1-10-13(20-11(2)24-10)12-6-7-17-14(21-12)18-8-9-19-15(22)23-16(3,4)5/h6-7H,8-9H2,1-5H3,(H,19,22)(H,17,18,21). The van der Waals surface area contributed by atoms with Crippen LogP contribution in [0, 0.1) is 13.8 Å². The zero-order valence-corrected chi connectivity index (χ0v) is 15.5. The number of ether oxygens (including phenoxy) is 1. The number of alkyl carbamates (subject to hydrolysis) is 1. The Morgan fingerprint density at radius 3 is 2.62 bits per heavy atom. The molecule has 0 bridgehead atoms. The first kappa shape index (κ1) is 18.1. The van der Waals surface area contributed by atoms with Gasteiger partial charge < -0.3 is 15.4 Å². The molecule has 0 radical (unpaired) electrons. The van der Waals surface area contributed by atoms with E-state index in [-0.39, 0.29) is 0 Å². The van der Waals surface area contributed by atoms with Gasteiger partial charge in [0, 0.05) is 24.2 Å². The fourth-order valence-corrected chi connectivity index (χ4v) is 2.82. The number of aromatic nitrogens is 3. The molecule has 0 saturated carbocycles. The smallest absolute Gasteiger partial charge is 0.407 e. The second-order valence-corrected chi connectivity index (χ2v) is 7.67. The highest BCUT2D eigenvalue weighted by atomic mass is 32.1. The summed E-state index contributed by atoms with van der Waals surface area (Å²) in [5.74, 6) is 0.503. The summed E-state index contributed by atoms with van der Waals surface area (Å²) in [6.07, 6.45) is 1.26. The molecule has 0 unspecified atom stereocenters. The minimum Gasteiger partial charge on any atom is -0.444 e. The first-order valence-corrected chi connectivity index (χ1v) is 8.54. The van der Waals surface area contributed by atoms with Crippen LogP contribution in [0.1, 0.15) is 30.7 Å². The van der Waals surface area contributed by atoms with Crippen LogP contribution >= 0.6 is 11.3 Å². The first-order valence-electron chi connectivity index (χ1n) is 7.73. The number of nitrogens with one attached hydrogen (secondary N) is 2. The highest BCUT2D eigenvalue weighted by Gasteiger charge is 2.15. The van der Waals surface area contributed by atoms with E-state index in [9.17, 15) is 4.79 Å². The van der Waals surface area contributed by atoms with Crippen molar-refractivity contribution in [2.45, 2.75) is 40.2 Å². The number of thiazole rings is 1. The van der Waals surface area contributed by atoms with Crippen molar-refractivity contribution in [3.63, 3.8) is 0 Å². The number of nitrogens with zero attached hydrogens (tertiary/aromatic N) is 3. The molecule has 0 aromatic carbocycles. The van der Waals surface area contributed by atoms with Gasteiger partial charge in [-0.1, -0.05) is 0 Å². The SMILES string of the molecule is Cc1nc(-c2ccnc(NCCNC(=O)OC(C)(C)C)n2)c(C)s1. The molecular formula is C16H23N5O2S. The molecule has 8 heteroatoms. The van der Waals surface area contributed by atoms with E-state index < -0.39 is 11.7 Å². The van der Waals surface area contributed by atoms with Crippen LogP contribution in [0.2, 0.25) is 0 Å². The lowest BCUT2D eigenvalue weighted by Crippen LogP contribution is -2.35. The molecule has 24 heavy (non-hydrogen) atoms. The van der Waals surface area contributed by atoms with E-state index in [1.807, 2.05) is 40.7 Å². The Labute approximate surface area is 145 Å². The van der Waals surface area contributed by atoms with Gasteiger partial charge in [-0.2, -0.15) is 0 Å². The molecule has 7 nitrogen and oxygen atoms in total. The molecule has 2 heterocycles. The Morgan fingerprint density at radius 1 is 1.25 bits per heavy atom. The fraction of sp³-hybridized carbons (Fsp3) is 0.500. The van der Waals surface area contributed by atoms with Gasteiger partial charge in [0.1, 0.15) is 11.3 Å². The van der Waals surface area contributed by atoms with Gasteiger partial charge in [-0.15, -0.1) is 11.3 Å². The molecule has 2 rings (SSSR count). The molecule has 0 aliphatic carbocycles. The Morgan fingerprint density at radius 2 is 2.00 bits per heavy atom. The van der Waals surface area contributed by atoms with E-state index in [2.05, 4.69) is 25.6 Å². The lowest BCUT2D eigenvalue weighted by atomic mass is 10.2. The molecule has 0 aliphatic rings. The summed E-state index contributed by atoms with van der Waals surface area (Å²) in [6.45, 7) is 10.4. The van der Waals surface area contributed by atoms with E-state index in [0.29, 0.717) is 19.0 Å². The van der Waals surface area contributed by atoms with Gasteiger partial charge in [0.15, 0.2) is 0 Å². The summed E-state index contributed by atoms with van der Waals surface area (Å²) in [5.41, 5.74) is 1.17. The largest absolute Gasteiger partial charge is 0.444 e. The molecule has 2 aromatic rings. The maximum Gasteiger partial charge on any atom is 0.407 e. The maximum atomic E-state index is 11.5. The number of amides is 1. The Bertz CT molecular complexity index is 709. The van der Waals surface area contributed by atoms with Gasteiger partial charge in [-0.25, -0.2) is 19.7 Å². The number of hydrogen-bond donors (Lipinski definition) is 2. The number of hydrogen-bond acceptors (Lipinski definition) is 7. The molecule has 2 N–H and O–H groups in total. The van der Waals surface area contributed by atoms with Crippen molar-refractivity contribution in [1.82, 2.24) is 20.3 Å². The minimum absolute atomic E-state index is 0.414. The van der Waals surface area contributed by atoms with Crippen LogP contribution in [-0.4, -0.2) is 39.7 Å². The predicted octanol–water partition coefficient (Wildman–Crippen LogP) is 3.15. The van der Waals surface area contributed by atoms with Gasteiger partial charge in [0.2, 0.25) is 5.95 Å². The van der Waals surface area contributed by atoms with Crippen LogP contribution in [0.4, 0.5) is 10.7 Å². The van der Waals surface area contributed by atoms with Crippen LogP contribution in [0.25, 0.3) is 11.4 Å². The predicted molar refractivity (Wildman–Crippen MR) is 95.3 cm³/mol. The molecule has 0 fully saturated rings. The average Bonchev–Trinajstić information content (AvgIpc) is 2.81. The Balaban J connectivity index is 1.87. The summed E-state index contributed by atoms with van der Waals surface area (Å²) in [4.78, 5) is 25.8. The number of aryl methyl sites for hydroxylation is 2. The lowest BCUT2D eigenvalue weighted by molar-refractivity contribution is 0.0530. The Hall–Kier alpha value is -2.22. The summed E-state index contributed by atoms with van der Waals surface area (Å²) < 4.78 is 5.17. The third-order valence-corrected chi connectivity index (χ3v) is 3.76. The second-order valence-electron chi connectivity index (χ2n) is 6.26. The average molecular weight is 349 g/mol. The van der Waals surface area contributed by atoms with Gasteiger partial charge in [0.25, 0.3) is 0 Å². The van der Waals surface area contributed by atoms with Crippen molar-refractivity contribution >= 4 is 23.4 Å². The van der Waals surface area contributed by atoms with Gasteiger partial charge in [-0.05, 0) is 40.7 Å². The van der Waals surface area contributed by atoms with Crippen LogP contribution in [0.3, 0.4) is 0 Å². The highest BCUT2D eigenvalue weighted by Crippen LogP contribution is 2.25. The van der Waals surface area contributed by atoms with Crippen molar-refractivity contribution in [3.8, 4) is 11.4 Å². The monoisotopic (exact) mass is 349 g/mol. The minimum atomic E-state index is -0.502. The summed E-state index contributed by atoms with van der Waals surface area (Å²) >= 11 is 1.65. The van der Waals surface area contributed by atoms with E-state index in [1.54, 1.807) is 17.5 Å². The highest BCUT2D eigenvalue weighted by molar-refractivity contribution is 7.11. The molecule has 0 atom stereocenters. The van der Waals surface area contributed by atoms with Crippen molar-refractivity contribution in [1.29, 1.82) is 0 Å². The maximum absolute atomic E-state index is 11.5. The molecular weight excluding hydrogens is 326 g/mol. The molecule has 2 aromatic heterocycles. The number of rotatable bonds is 5. The number of carbonyl (C=O) groups excluding carboxylic acids is 1. The Kier molecular flexibility index (Phi) is 5.71. The van der Waals surface area contributed by atoms with Gasteiger partial charge >= 0.3 is 6.09 Å². The van der Waals surface area contributed by atoms with E-state index >= 15 is 0 Å². The van der Waals surface area contributed by atoms with E-state index in [4.69, 9.17) is 4.74 Å². The molecule has 0 aliphatic heterocycles. The zero-order valence-electron chi connectivity index (χ0n) is 14.6. The van der Waals surface area contributed by atoms with Crippen molar-refractivity contribution < 1.29 is 9.53 Å². The molecule has 130 valence electrons. The molecule has 0 saturated heterocycles. The normalized spacial score (nSPS) is 11.2. The topological polar surface area (TPSA) is 89.0 Å². The first-order chi connectivity index (χ1) is 11.2. The second kappa shape index (κ2) is 7.57. The number of carbonyl (C=O) groups is 1. The van der Waals surface area contributed by atoms with E-state index in [1.165, 1.54) is 0 Å². The van der Waals surface area contributed by atoms with Gasteiger partial charge in [0.05, 0.1) is 10.7 Å². The fourth-order valence-electron chi connectivity index (χ4n) is 2.00. The summed E-state index contributed by atoms with van der Waals surface area (Å²) in [6, 6.07) is 1.84.